The number of nitrogens with zero attached hydrogens (tertiary/aromatic N) is 2. The first-order valence-corrected chi connectivity index (χ1v) is 6.47. The van der Waals surface area contributed by atoms with Crippen LogP contribution in [0.3, 0.4) is 0 Å². The van der Waals surface area contributed by atoms with Crippen LogP contribution >= 0.6 is 0 Å². The summed E-state index contributed by atoms with van der Waals surface area (Å²) in [6, 6.07) is -0.282. The number of carbonyl (C=O) groups excluding carboxylic acids is 2. The highest BCUT2D eigenvalue weighted by Crippen LogP contribution is 2.24. The maximum absolute atomic E-state index is 12.9. The maximum atomic E-state index is 12.9. The monoisotopic (exact) mass is 288 g/mol. The van der Waals surface area contributed by atoms with Gasteiger partial charge in [0.15, 0.2) is 5.78 Å². The van der Waals surface area contributed by atoms with Crippen LogP contribution in [0.1, 0.15) is 35.2 Å². The molecule has 21 heavy (non-hydrogen) atoms. The second-order valence-corrected chi connectivity index (χ2v) is 4.99. The van der Waals surface area contributed by atoms with Crippen LogP contribution in [0.2, 0.25) is 0 Å². The number of Topliss-reactive ketones (excluding diaryl/α,β-unsaturated/α-hetero) is 2. The van der Waals surface area contributed by atoms with Gasteiger partial charge in [0.1, 0.15) is 11.6 Å². The fourth-order valence-electron chi connectivity index (χ4n) is 2.57. The quantitative estimate of drug-likeness (QED) is 0.627. The molecule has 1 aromatic heterocycles. The van der Waals surface area contributed by atoms with Crippen molar-refractivity contribution < 1.29 is 13.7 Å². The summed E-state index contributed by atoms with van der Waals surface area (Å²) in [6.07, 6.45) is -1.48. The fourth-order valence-corrected chi connectivity index (χ4v) is 2.57. The predicted octanol–water partition coefficient (Wildman–Crippen LogP) is 1.15. The van der Waals surface area contributed by atoms with Crippen LogP contribution in [0.15, 0.2) is 22.9 Å². The van der Waals surface area contributed by atoms with E-state index in [0.29, 0.717) is 0 Å². The van der Waals surface area contributed by atoms with Gasteiger partial charge in [0.2, 0.25) is 0 Å². The average molecular weight is 288 g/mol. The Kier molecular flexibility index (Phi) is 2.35. The fraction of sp³-hybridized carbons (Fsp3) is 0.333. The first-order valence-electron chi connectivity index (χ1n) is 8.05. The van der Waals surface area contributed by atoms with E-state index in [1.165, 1.54) is 13.0 Å². The van der Waals surface area contributed by atoms with E-state index in [9.17, 15) is 14.4 Å². The minimum atomic E-state index is -1.10. The lowest BCUT2D eigenvalue weighted by atomic mass is 9.92. The topological polar surface area (TPSA) is 95.0 Å². The SMILES string of the molecule is [2H]c1cc(N)c2c(=O)n(C3C(=O)CC(=O)CC3[2H])c(C)nc2c1[2H]. The largest absolute Gasteiger partial charge is 0.398 e. The molecule has 0 spiro atoms. The van der Waals surface area contributed by atoms with E-state index in [1.54, 1.807) is 0 Å². The van der Waals surface area contributed by atoms with Gasteiger partial charge >= 0.3 is 0 Å². The van der Waals surface area contributed by atoms with Gasteiger partial charge in [0.05, 0.1) is 26.1 Å². The molecule has 1 saturated carbocycles. The molecule has 1 aliphatic carbocycles. The van der Waals surface area contributed by atoms with Gasteiger partial charge in [-0.25, -0.2) is 4.98 Å². The van der Waals surface area contributed by atoms with Crippen LogP contribution in [0.4, 0.5) is 5.69 Å². The zero-order valence-corrected chi connectivity index (χ0v) is 11.3. The molecule has 0 radical (unpaired) electrons. The van der Waals surface area contributed by atoms with Gasteiger partial charge in [-0.3, -0.25) is 19.0 Å². The Bertz CT molecular complexity index is 955. The van der Waals surface area contributed by atoms with Crippen molar-refractivity contribution in [3.05, 3.63) is 34.3 Å². The summed E-state index contributed by atoms with van der Waals surface area (Å²) in [4.78, 5) is 40.8. The highest BCUT2D eigenvalue weighted by Gasteiger charge is 2.30. The molecule has 3 rings (SSSR count). The van der Waals surface area contributed by atoms with Crippen LogP contribution in [0.25, 0.3) is 10.9 Å². The Labute approximate surface area is 124 Å². The molecule has 0 amide bonds. The second-order valence-electron chi connectivity index (χ2n) is 4.99. The Hall–Kier alpha value is -2.50. The molecule has 2 N–H and O–H groups in total. The molecule has 0 bridgehead atoms. The van der Waals surface area contributed by atoms with Crippen LogP contribution in [0, 0.1) is 6.92 Å². The summed E-state index contributed by atoms with van der Waals surface area (Å²) < 4.78 is 24.7. The Morgan fingerprint density at radius 2 is 2.24 bits per heavy atom. The standard InChI is InChI=1S/C15H15N3O3/c1-8-17-11-4-2-3-10(16)14(11)15(21)18(8)12-6-5-9(19)7-13(12)20/h2-4,12H,5-7,16H2,1H3/i2D,4D,6D. The molecule has 2 atom stereocenters. The smallest absolute Gasteiger partial charge is 0.264 e. The number of nitrogen functional groups attached to an aromatic ring is 1. The lowest BCUT2D eigenvalue weighted by Gasteiger charge is -2.24. The van der Waals surface area contributed by atoms with Crippen molar-refractivity contribution in [2.75, 3.05) is 5.73 Å². The molecule has 1 fully saturated rings. The summed E-state index contributed by atoms with van der Waals surface area (Å²) in [5.41, 5.74) is 5.19. The number of ketones is 2. The van der Waals surface area contributed by atoms with Crippen molar-refractivity contribution in [3.8, 4) is 0 Å². The summed E-state index contributed by atoms with van der Waals surface area (Å²) in [6.45, 7) is 1.49. The molecule has 1 aromatic carbocycles. The van der Waals surface area contributed by atoms with Crippen molar-refractivity contribution in [3.63, 3.8) is 0 Å². The molecule has 6 heteroatoms. The molecule has 0 aliphatic heterocycles. The highest BCUT2D eigenvalue weighted by molar-refractivity contribution is 6.03. The lowest BCUT2D eigenvalue weighted by Crippen LogP contribution is -2.36. The van der Waals surface area contributed by atoms with Gasteiger partial charge in [-0.1, -0.05) is 6.04 Å². The van der Waals surface area contributed by atoms with Gasteiger partial charge in [0, 0.05) is 13.5 Å². The number of hydrogen-bond acceptors (Lipinski definition) is 5. The van der Waals surface area contributed by atoms with E-state index in [-0.39, 0.29) is 53.1 Å². The number of nitrogens with two attached hydrogens (primary N) is 1. The first kappa shape index (κ1) is 10.3. The normalized spacial score (nSPS) is 24.7. The molecular formula is C15H15N3O3. The zero-order valence-electron chi connectivity index (χ0n) is 14.3. The van der Waals surface area contributed by atoms with Gasteiger partial charge in [-0.05, 0) is 25.4 Å². The Morgan fingerprint density at radius 3 is 2.95 bits per heavy atom. The van der Waals surface area contributed by atoms with Crippen LogP contribution in [-0.2, 0) is 9.59 Å². The maximum Gasteiger partial charge on any atom is 0.264 e. The Balaban J connectivity index is 2.33. The lowest BCUT2D eigenvalue weighted by molar-refractivity contribution is -0.132. The molecule has 1 aliphatic rings. The number of carbonyl (C=O) groups is 2. The van der Waals surface area contributed by atoms with Gasteiger partial charge in [-0.2, -0.15) is 0 Å². The molecule has 6 nitrogen and oxygen atoms in total. The zero-order chi connectivity index (χ0) is 17.8. The van der Waals surface area contributed by atoms with Gasteiger partial charge < -0.3 is 5.73 Å². The number of aryl methyl sites for hydroxylation is 1. The molecule has 2 aromatic rings. The van der Waals surface area contributed by atoms with Crippen LogP contribution in [-0.4, -0.2) is 21.1 Å². The third-order valence-electron chi connectivity index (χ3n) is 3.55. The van der Waals surface area contributed by atoms with Crippen LogP contribution < -0.4 is 11.3 Å². The van der Waals surface area contributed by atoms with E-state index < -0.39 is 23.8 Å². The first-order chi connectivity index (χ1) is 11.2. The highest BCUT2D eigenvalue weighted by atomic mass is 16.2. The van der Waals surface area contributed by atoms with E-state index >= 15 is 0 Å². The van der Waals surface area contributed by atoms with E-state index in [4.69, 9.17) is 9.85 Å². The van der Waals surface area contributed by atoms with Crippen LogP contribution in [0.5, 0.6) is 0 Å². The van der Waals surface area contributed by atoms with Crippen molar-refractivity contribution >= 4 is 28.2 Å². The average Bonchev–Trinajstić information content (AvgIpc) is 2.46. The van der Waals surface area contributed by atoms with Gasteiger partial charge in [-0.15, -0.1) is 0 Å². The molecule has 2 unspecified atom stereocenters. The summed E-state index contributed by atoms with van der Waals surface area (Å²) >= 11 is 0. The predicted molar refractivity (Wildman–Crippen MR) is 78.1 cm³/mol. The Morgan fingerprint density at radius 1 is 1.48 bits per heavy atom. The van der Waals surface area contributed by atoms with Crippen molar-refractivity contribution in [2.24, 2.45) is 0 Å². The van der Waals surface area contributed by atoms with Crippen molar-refractivity contribution in [1.29, 1.82) is 0 Å². The molecule has 1 heterocycles. The van der Waals surface area contributed by atoms with E-state index in [2.05, 4.69) is 4.98 Å². The third-order valence-corrected chi connectivity index (χ3v) is 3.55. The third kappa shape index (κ3) is 2.12. The van der Waals surface area contributed by atoms with E-state index in [1.807, 2.05) is 0 Å². The minimum absolute atomic E-state index is 0.000356. The van der Waals surface area contributed by atoms with E-state index in [0.717, 1.165) is 4.57 Å². The number of fused-ring (bicyclic) bond motifs is 1. The number of benzene rings is 1. The summed E-state index contributed by atoms with van der Waals surface area (Å²) in [7, 11) is 0. The number of rotatable bonds is 1. The minimum Gasteiger partial charge on any atom is -0.398 e. The van der Waals surface area contributed by atoms with Crippen molar-refractivity contribution in [1.82, 2.24) is 9.55 Å². The second kappa shape index (κ2) is 4.80. The molecule has 0 saturated heterocycles. The van der Waals surface area contributed by atoms with Crippen molar-refractivity contribution in [2.45, 2.75) is 32.2 Å². The number of hydrogen-bond donors (Lipinski definition) is 1. The molecule has 108 valence electrons. The summed E-state index contributed by atoms with van der Waals surface area (Å²) in [5, 5.41) is -0.0431. The number of aromatic nitrogens is 2. The summed E-state index contributed by atoms with van der Waals surface area (Å²) in [5.74, 6) is -0.669. The molecular weight excluding hydrogens is 270 g/mol. The number of anilines is 1. The van der Waals surface area contributed by atoms with Gasteiger partial charge in [0.25, 0.3) is 5.56 Å².